The first-order valence-corrected chi connectivity index (χ1v) is 12.9. The predicted molar refractivity (Wildman–Crippen MR) is 149 cm³/mol. The average Bonchev–Trinajstić information content (AvgIpc) is 2.93. The van der Waals surface area contributed by atoms with E-state index in [-0.39, 0.29) is 30.6 Å². The normalized spacial score (nSPS) is 11.6. The number of hydrogen-bond donors (Lipinski definition) is 1. The number of rotatable bonds is 10. The second kappa shape index (κ2) is 13.0. The van der Waals surface area contributed by atoms with Crippen LogP contribution in [0.2, 0.25) is 5.02 Å². The minimum absolute atomic E-state index is 0.106. The van der Waals surface area contributed by atoms with Gasteiger partial charge in [0.2, 0.25) is 11.8 Å². The first-order chi connectivity index (χ1) is 18.4. The smallest absolute Gasteiger partial charge is 0.243 e. The van der Waals surface area contributed by atoms with E-state index in [4.69, 9.17) is 11.6 Å². The van der Waals surface area contributed by atoms with E-state index in [0.29, 0.717) is 18.0 Å². The van der Waals surface area contributed by atoms with Crippen LogP contribution in [0, 0.1) is 12.7 Å². The summed E-state index contributed by atoms with van der Waals surface area (Å²) in [5, 5.41) is 3.62. The van der Waals surface area contributed by atoms with Crippen molar-refractivity contribution in [2.45, 2.75) is 38.9 Å². The Hall–Kier alpha value is -3.96. The third-order valence-electron chi connectivity index (χ3n) is 6.39. The van der Waals surface area contributed by atoms with Crippen LogP contribution in [-0.2, 0) is 35.5 Å². The summed E-state index contributed by atoms with van der Waals surface area (Å²) in [5.41, 5.74) is 4.58. The van der Waals surface area contributed by atoms with Crippen molar-refractivity contribution in [3.63, 3.8) is 0 Å². The molecule has 1 N–H and O–H groups in total. The molecule has 38 heavy (non-hydrogen) atoms. The van der Waals surface area contributed by atoms with E-state index < -0.39 is 6.04 Å². The maximum atomic E-state index is 13.8. The van der Waals surface area contributed by atoms with Crippen LogP contribution in [0.25, 0.3) is 0 Å². The monoisotopic (exact) mass is 528 g/mol. The Labute approximate surface area is 228 Å². The minimum atomic E-state index is -0.771. The second-order valence-corrected chi connectivity index (χ2v) is 9.80. The predicted octanol–water partition coefficient (Wildman–Crippen LogP) is 6.29. The number of hydrogen-bond acceptors (Lipinski definition) is 2. The van der Waals surface area contributed by atoms with Crippen LogP contribution >= 0.6 is 11.6 Å². The van der Waals surface area contributed by atoms with Gasteiger partial charge in [0.25, 0.3) is 0 Å². The quantitative estimate of drug-likeness (QED) is 0.263. The molecule has 0 saturated heterocycles. The Kier molecular flexibility index (Phi) is 9.28. The topological polar surface area (TPSA) is 49.4 Å². The summed E-state index contributed by atoms with van der Waals surface area (Å²) in [5.74, 6) is -0.812. The van der Waals surface area contributed by atoms with Crippen LogP contribution in [0.3, 0.4) is 0 Å². The SMILES string of the molecule is Cc1ccc(CNC(=O)[C@@H](Cc2ccccc2)N(Cc2ccc(F)cc2)C(=O)Cc2ccc(Cl)cc2)cc1. The van der Waals surface area contributed by atoms with Gasteiger partial charge >= 0.3 is 0 Å². The van der Waals surface area contributed by atoms with Crippen molar-refractivity contribution < 1.29 is 14.0 Å². The number of halogens is 2. The number of aryl methyl sites for hydroxylation is 1. The van der Waals surface area contributed by atoms with Crippen molar-refractivity contribution in [1.29, 1.82) is 0 Å². The van der Waals surface area contributed by atoms with Gasteiger partial charge in [-0.05, 0) is 53.4 Å². The Morgan fingerprint density at radius 1 is 0.789 bits per heavy atom. The van der Waals surface area contributed by atoms with E-state index >= 15 is 0 Å². The van der Waals surface area contributed by atoms with Gasteiger partial charge in [-0.2, -0.15) is 0 Å². The third-order valence-corrected chi connectivity index (χ3v) is 6.65. The molecule has 4 rings (SSSR count). The fraction of sp³-hybridized carbons (Fsp3) is 0.188. The highest BCUT2D eigenvalue weighted by Crippen LogP contribution is 2.18. The summed E-state index contributed by atoms with van der Waals surface area (Å²) >= 11 is 6.03. The van der Waals surface area contributed by atoms with Gasteiger partial charge in [-0.1, -0.05) is 96.0 Å². The highest BCUT2D eigenvalue weighted by atomic mass is 35.5. The zero-order chi connectivity index (χ0) is 26.9. The van der Waals surface area contributed by atoms with Crippen LogP contribution in [0.5, 0.6) is 0 Å². The molecule has 4 aromatic rings. The van der Waals surface area contributed by atoms with Gasteiger partial charge in [0.1, 0.15) is 11.9 Å². The third kappa shape index (κ3) is 7.77. The van der Waals surface area contributed by atoms with Gasteiger partial charge in [0, 0.05) is 24.5 Å². The molecule has 0 bridgehead atoms. The molecular weight excluding hydrogens is 499 g/mol. The van der Waals surface area contributed by atoms with Gasteiger partial charge in [-0.15, -0.1) is 0 Å². The molecule has 4 aromatic carbocycles. The Bertz CT molecular complexity index is 1340. The van der Waals surface area contributed by atoms with Crippen molar-refractivity contribution in [3.8, 4) is 0 Å². The van der Waals surface area contributed by atoms with E-state index in [1.165, 1.54) is 12.1 Å². The van der Waals surface area contributed by atoms with Crippen LogP contribution in [0.1, 0.15) is 27.8 Å². The maximum Gasteiger partial charge on any atom is 0.243 e. The van der Waals surface area contributed by atoms with Crippen molar-refractivity contribution in [2.24, 2.45) is 0 Å². The molecule has 0 spiro atoms. The zero-order valence-corrected chi connectivity index (χ0v) is 22.0. The molecule has 0 radical (unpaired) electrons. The van der Waals surface area contributed by atoms with Crippen molar-refractivity contribution in [1.82, 2.24) is 10.2 Å². The second-order valence-electron chi connectivity index (χ2n) is 9.36. The average molecular weight is 529 g/mol. The summed E-state index contributed by atoms with van der Waals surface area (Å²) in [6.45, 7) is 2.53. The van der Waals surface area contributed by atoms with Crippen LogP contribution in [0.15, 0.2) is 103 Å². The van der Waals surface area contributed by atoms with E-state index in [1.54, 1.807) is 41.3 Å². The highest BCUT2D eigenvalue weighted by molar-refractivity contribution is 6.30. The molecule has 0 aliphatic carbocycles. The van der Waals surface area contributed by atoms with Crippen LogP contribution < -0.4 is 5.32 Å². The number of amides is 2. The maximum absolute atomic E-state index is 13.8. The van der Waals surface area contributed by atoms with Crippen molar-refractivity contribution >= 4 is 23.4 Å². The number of carbonyl (C=O) groups is 2. The Morgan fingerprint density at radius 3 is 2.05 bits per heavy atom. The molecule has 194 valence electrons. The lowest BCUT2D eigenvalue weighted by molar-refractivity contribution is -0.140. The molecule has 0 heterocycles. The Balaban J connectivity index is 1.63. The lowest BCUT2D eigenvalue weighted by Gasteiger charge is -2.32. The molecule has 0 aliphatic heterocycles. The number of benzene rings is 4. The van der Waals surface area contributed by atoms with Gasteiger partial charge in [-0.3, -0.25) is 9.59 Å². The standard InChI is InChI=1S/C32H30ClFN2O2/c1-23-7-9-26(10-8-23)21-35-32(38)30(19-24-5-3-2-4-6-24)36(22-27-13-17-29(34)18-14-27)31(37)20-25-11-15-28(33)16-12-25/h2-18,30H,19-22H2,1H3,(H,35,38)/t30-/m1/s1. The first-order valence-electron chi connectivity index (χ1n) is 12.5. The van der Waals surface area contributed by atoms with E-state index in [9.17, 15) is 14.0 Å². The number of carbonyl (C=O) groups excluding carboxylic acids is 2. The van der Waals surface area contributed by atoms with Crippen molar-refractivity contribution in [2.75, 3.05) is 0 Å². The van der Waals surface area contributed by atoms with Crippen LogP contribution in [0.4, 0.5) is 4.39 Å². The van der Waals surface area contributed by atoms with E-state index in [0.717, 1.165) is 27.8 Å². The molecule has 4 nitrogen and oxygen atoms in total. The summed E-state index contributed by atoms with van der Waals surface area (Å²) in [6, 6.07) is 29.9. The van der Waals surface area contributed by atoms with Gasteiger partial charge in [-0.25, -0.2) is 4.39 Å². The first kappa shape index (κ1) is 27.1. The molecular formula is C32H30ClFN2O2. The molecule has 1 atom stereocenters. The fourth-order valence-corrected chi connectivity index (χ4v) is 4.36. The highest BCUT2D eigenvalue weighted by Gasteiger charge is 2.30. The van der Waals surface area contributed by atoms with Gasteiger partial charge < -0.3 is 10.2 Å². The lowest BCUT2D eigenvalue weighted by atomic mass is 10.0. The summed E-state index contributed by atoms with van der Waals surface area (Å²) < 4.78 is 13.6. The van der Waals surface area contributed by atoms with Gasteiger partial charge in [0.05, 0.1) is 6.42 Å². The molecule has 0 fully saturated rings. The van der Waals surface area contributed by atoms with E-state index in [1.807, 2.05) is 61.5 Å². The minimum Gasteiger partial charge on any atom is -0.350 e. The lowest BCUT2D eigenvalue weighted by Crippen LogP contribution is -2.50. The summed E-state index contributed by atoms with van der Waals surface area (Å²) in [7, 11) is 0. The summed E-state index contributed by atoms with van der Waals surface area (Å²) in [4.78, 5) is 29.0. The fourth-order valence-electron chi connectivity index (χ4n) is 4.23. The molecule has 0 aromatic heterocycles. The molecule has 2 amide bonds. The molecule has 6 heteroatoms. The van der Waals surface area contributed by atoms with Gasteiger partial charge in [0.15, 0.2) is 0 Å². The van der Waals surface area contributed by atoms with Crippen molar-refractivity contribution in [3.05, 3.63) is 142 Å². The molecule has 0 aliphatic rings. The number of nitrogens with zero attached hydrogens (tertiary/aromatic N) is 1. The van der Waals surface area contributed by atoms with E-state index in [2.05, 4.69) is 5.32 Å². The molecule has 0 saturated carbocycles. The summed E-state index contributed by atoms with van der Waals surface area (Å²) in [6.07, 6.45) is 0.447. The number of nitrogens with one attached hydrogen (secondary N) is 1. The Morgan fingerprint density at radius 2 is 1.39 bits per heavy atom. The van der Waals surface area contributed by atoms with Crippen LogP contribution in [-0.4, -0.2) is 22.8 Å². The zero-order valence-electron chi connectivity index (χ0n) is 21.2. The largest absolute Gasteiger partial charge is 0.350 e. The molecule has 0 unspecified atom stereocenters.